The molecule has 0 saturated carbocycles. The molecule has 0 amide bonds. The summed E-state index contributed by atoms with van der Waals surface area (Å²) in [5, 5.41) is 26.8. The first kappa shape index (κ1) is 33.2. The minimum absolute atomic E-state index is 0.0406. The van der Waals surface area contributed by atoms with Gasteiger partial charge in [-0.1, -0.05) is 42.3 Å². The van der Waals surface area contributed by atoms with Crippen molar-refractivity contribution < 1.29 is 38.1 Å². The van der Waals surface area contributed by atoms with E-state index < -0.39 is 56.5 Å². The number of nitrogens with two attached hydrogens (primary N) is 1. The Morgan fingerprint density at radius 3 is 2.69 bits per heavy atom. The Balaban J connectivity index is 1.28. The molecule has 6 rings (SSSR count). The minimum atomic E-state index is -4.45. The molecule has 15 heteroatoms. The fraction of sp³-hybridized carbons (Fsp3) is 0.303. The van der Waals surface area contributed by atoms with Crippen LogP contribution in [0.1, 0.15) is 25.8 Å². The molecule has 6 N–H and O–H groups in total. The van der Waals surface area contributed by atoms with Gasteiger partial charge < -0.3 is 39.5 Å². The molecule has 14 nitrogen and oxygen atoms in total. The van der Waals surface area contributed by atoms with E-state index >= 15 is 0 Å². The number of nitrogens with zero attached hydrogens (tertiary/aromatic N) is 3. The van der Waals surface area contributed by atoms with Gasteiger partial charge in [0.05, 0.1) is 18.1 Å². The summed E-state index contributed by atoms with van der Waals surface area (Å²) in [5.74, 6) is 1.91. The number of H-pyrrole nitrogens is 1. The summed E-state index contributed by atoms with van der Waals surface area (Å²) in [5.41, 5.74) is 5.55. The lowest BCUT2D eigenvalue weighted by molar-refractivity contribution is -0.149. The smallest absolute Gasteiger partial charge is 0.459 e. The molecular formula is C33H35N6O8P. The third kappa shape index (κ3) is 6.65. The largest absolute Gasteiger partial charge is 0.462 e. The molecule has 1 unspecified atom stereocenters. The molecule has 1 aliphatic rings. The number of aromatic nitrogens is 4. The van der Waals surface area contributed by atoms with Gasteiger partial charge in [-0.3, -0.25) is 9.32 Å². The summed E-state index contributed by atoms with van der Waals surface area (Å²) in [4.78, 5) is 24.8. The maximum Gasteiger partial charge on any atom is 0.459 e. The van der Waals surface area contributed by atoms with Gasteiger partial charge in [-0.05, 0) is 49.6 Å². The molecule has 6 atom stereocenters. The van der Waals surface area contributed by atoms with Crippen molar-refractivity contribution in [3.63, 3.8) is 0 Å². The van der Waals surface area contributed by atoms with Crippen LogP contribution in [-0.4, -0.2) is 72.3 Å². The molecule has 1 fully saturated rings. The number of terminal acetylenes is 1. The van der Waals surface area contributed by atoms with Crippen LogP contribution >= 0.6 is 7.75 Å². The van der Waals surface area contributed by atoms with E-state index in [9.17, 15) is 19.6 Å². The lowest BCUT2D eigenvalue weighted by Crippen LogP contribution is -2.46. The highest BCUT2D eigenvalue weighted by molar-refractivity contribution is 7.52. The second-order valence-corrected chi connectivity index (χ2v) is 13.3. The van der Waals surface area contributed by atoms with E-state index in [0.29, 0.717) is 16.7 Å². The van der Waals surface area contributed by atoms with E-state index in [4.69, 9.17) is 30.7 Å². The van der Waals surface area contributed by atoms with Crippen molar-refractivity contribution in [2.45, 2.75) is 56.5 Å². The summed E-state index contributed by atoms with van der Waals surface area (Å²) in [6, 6.07) is 18.1. The topological polar surface area (TPSA) is 196 Å². The van der Waals surface area contributed by atoms with Crippen LogP contribution in [0.25, 0.3) is 21.9 Å². The predicted octanol–water partition coefficient (Wildman–Crippen LogP) is 3.47. The normalized spacial score (nSPS) is 22.8. The number of esters is 1. The fourth-order valence-electron chi connectivity index (χ4n) is 5.55. The van der Waals surface area contributed by atoms with E-state index in [1.54, 1.807) is 56.4 Å². The average Bonchev–Trinajstić information content (AvgIpc) is 3.75. The summed E-state index contributed by atoms with van der Waals surface area (Å²) >= 11 is 0. The van der Waals surface area contributed by atoms with Crippen LogP contribution in [-0.2, 0) is 29.8 Å². The number of hydrogen-bond donors (Lipinski definition) is 5. The van der Waals surface area contributed by atoms with Crippen LogP contribution in [0.2, 0.25) is 0 Å². The first-order valence-electron chi connectivity index (χ1n) is 15.1. The Morgan fingerprint density at radius 2 is 1.96 bits per heavy atom. The fourth-order valence-corrected chi connectivity index (χ4v) is 7.05. The van der Waals surface area contributed by atoms with Gasteiger partial charge in [-0.15, -0.1) is 6.42 Å². The number of ether oxygens (including phenoxy) is 2. The van der Waals surface area contributed by atoms with Crippen molar-refractivity contribution in [3.05, 3.63) is 84.9 Å². The number of benzene rings is 2. The standard InChI is InChI=1S/C33H35N6O8P/c1-4-33(42)28(40)27(46-32(33)39-15-14-24-29(34)35-19-36-30(24)39)18-44-48(43,47-23-11-6-5-7-12-23)38-26(31(41)45-20(2)3)17-22-16-21-10-8-9-13-25(21)37-22/h1,5-16,19-20,26-28,32,37,40,42H,17-18H2,2-3H3,(H,38,43)(H2,34,35,36)/t26-,27-,28-,32-,33-,48?/m1/s1. The van der Waals surface area contributed by atoms with Crippen LogP contribution in [0, 0.1) is 12.3 Å². The number of carbonyl (C=O) groups is 1. The lowest BCUT2D eigenvalue weighted by atomic mass is 9.95. The Hall–Kier alpha value is -4.74. The maximum atomic E-state index is 14.5. The van der Waals surface area contributed by atoms with Crippen LogP contribution in [0.4, 0.5) is 5.82 Å². The van der Waals surface area contributed by atoms with Crippen molar-refractivity contribution >= 4 is 41.5 Å². The molecule has 1 saturated heterocycles. The van der Waals surface area contributed by atoms with E-state index in [1.807, 2.05) is 30.3 Å². The van der Waals surface area contributed by atoms with Gasteiger partial charge in [-0.2, -0.15) is 5.09 Å². The van der Waals surface area contributed by atoms with Crippen LogP contribution in [0.3, 0.4) is 0 Å². The lowest BCUT2D eigenvalue weighted by Gasteiger charge is -2.27. The quantitative estimate of drug-likeness (QED) is 0.0736. The third-order valence-corrected chi connectivity index (χ3v) is 9.41. The highest BCUT2D eigenvalue weighted by Crippen LogP contribution is 2.47. The second kappa shape index (κ2) is 13.4. The number of nitrogens with one attached hydrogen (secondary N) is 2. The van der Waals surface area contributed by atoms with Crippen molar-refractivity contribution in [2.75, 3.05) is 12.3 Å². The van der Waals surface area contributed by atoms with Gasteiger partial charge >= 0.3 is 13.7 Å². The number of nitrogen functional groups attached to an aromatic ring is 1. The van der Waals surface area contributed by atoms with Crippen molar-refractivity contribution in [1.29, 1.82) is 0 Å². The first-order valence-corrected chi connectivity index (χ1v) is 16.7. The third-order valence-electron chi connectivity index (χ3n) is 7.84. The van der Waals surface area contributed by atoms with E-state index in [1.165, 1.54) is 10.9 Å². The summed E-state index contributed by atoms with van der Waals surface area (Å²) in [6.07, 6.45) is 3.72. The summed E-state index contributed by atoms with van der Waals surface area (Å²) in [7, 11) is -4.45. The van der Waals surface area contributed by atoms with Crippen molar-refractivity contribution in [2.24, 2.45) is 0 Å². The van der Waals surface area contributed by atoms with Gasteiger partial charge in [0.2, 0.25) is 0 Å². The van der Waals surface area contributed by atoms with Crippen LogP contribution in [0.5, 0.6) is 5.75 Å². The van der Waals surface area contributed by atoms with Crippen molar-refractivity contribution in [3.8, 4) is 18.1 Å². The van der Waals surface area contributed by atoms with E-state index in [-0.39, 0.29) is 18.0 Å². The van der Waals surface area contributed by atoms with Gasteiger partial charge in [0, 0.05) is 23.8 Å². The molecule has 1 aliphatic heterocycles. The Morgan fingerprint density at radius 1 is 1.21 bits per heavy atom. The number of hydrogen-bond acceptors (Lipinski definition) is 11. The highest BCUT2D eigenvalue weighted by atomic mass is 31.2. The molecule has 2 aromatic carbocycles. The molecule has 0 bridgehead atoms. The second-order valence-electron chi connectivity index (χ2n) is 11.6. The number of rotatable bonds is 12. The number of aliphatic hydroxyl groups is 2. The van der Waals surface area contributed by atoms with Crippen LogP contribution in [0.15, 0.2) is 79.3 Å². The maximum absolute atomic E-state index is 14.5. The average molecular weight is 675 g/mol. The molecule has 3 aromatic heterocycles. The number of para-hydroxylation sites is 2. The van der Waals surface area contributed by atoms with Crippen LogP contribution < -0.4 is 15.3 Å². The number of fused-ring (bicyclic) bond motifs is 2. The zero-order valence-corrected chi connectivity index (χ0v) is 27.0. The molecule has 250 valence electrons. The monoisotopic (exact) mass is 674 g/mol. The number of aliphatic hydroxyl groups excluding tert-OH is 1. The number of carbonyl (C=O) groups excluding carboxylic acids is 1. The Bertz CT molecular complexity index is 1980. The molecule has 0 spiro atoms. The van der Waals surface area contributed by atoms with Gasteiger partial charge in [-0.25, -0.2) is 14.5 Å². The molecular weight excluding hydrogens is 639 g/mol. The predicted molar refractivity (Wildman–Crippen MR) is 176 cm³/mol. The number of aromatic amines is 1. The SMILES string of the molecule is C#C[C@@]1(O)[C@H](O)[C@@H](COP(=O)(N[C@H](Cc2cc3ccccc3[nH]2)C(=O)OC(C)C)Oc2ccccc2)O[C@H]1n1ccc2c(N)ncnc21. The zero-order valence-electron chi connectivity index (χ0n) is 26.1. The summed E-state index contributed by atoms with van der Waals surface area (Å²) in [6.45, 7) is 2.82. The summed E-state index contributed by atoms with van der Waals surface area (Å²) < 4.78 is 39.2. The number of anilines is 1. The van der Waals surface area contributed by atoms with Gasteiger partial charge in [0.15, 0.2) is 11.8 Å². The molecule has 0 aliphatic carbocycles. The Kier molecular flexibility index (Phi) is 9.26. The first-order chi connectivity index (χ1) is 23.0. The minimum Gasteiger partial charge on any atom is -0.462 e. The molecule has 0 radical (unpaired) electrons. The van der Waals surface area contributed by atoms with E-state index in [0.717, 1.165) is 10.9 Å². The molecule has 4 heterocycles. The molecule has 48 heavy (non-hydrogen) atoms. The highest BCUT2D eigenvalue weighted by Gasteiger charge is 2.56. The van der Waals surface area contributed by atoms with E-state index in [2.05, 4.69) is 26.0 Å². The van der Waals surface area contributed by atoms with Crippen molar-refractivity contribution in [1.82, 2.24) is 24.6 Å². The Labute approximate surface area is 275 Å². The zero-order chi connectivity index (χ0) is 34.1. The molecule has 5 aromatic rings. The van der Waals surface area contributed by atoms with Gasteiger partial charge in [0.1, 0.15) is 41.8 Å². The van der Waals surface area contributed by atoms with Gasteiger partial charge in [0.25, 0.3) is 0 Å².